The van der Waals surface area contributed by atoms with Crippen molar-refractivity contribution in [1.29, 1.82) is 0 Å². The lowest BCUT2D eigenvalue weighted by Gasteiger charge is -2.25. The van der Waals surface area contributed by atoms with Gasteiger partial charge in [-0.15, -0.1) is 0 Å². The van der Waals surface area contributed by atoms with Crippen molar-refractivity contribution in [3.05, 3.63) is 124 Å². The Morgan fingerprint density at radius 3 is 2.38 bits per heavy atom. The summed E-state index contributed by atoms with van der Waals surface area (Å²) in [5.41, 5.74) is 2.28. The van der Waals surface area contributed by atoms with Gasteiger partial charge < -0.3 is 9.84 Å². The highest BCUT2D eigenvalue weighted by Crippen LogP contribution is 2.42. The van der Waals surface area contributed by atoms with Crippen molar-refractivity contribution in [1.82, 2.24) is 4.98 Å². The molecule has 1 atom stereocenters. The van der Waals surface area contributed by atoms with Crippen LogP contribution in [0.1, 0.15) is 22.7 Å². The van der Waals surface area contributed by atoms with Crippen LogP contribution in [0.5, 0.6) is 11.5 Å². The normalized spacial score (nSPS) is 16.7. The zero-order valence-corrected chi connectivity index (χ0v) is 21.1. The molecule has 0 bridgehead atoms. The molecule has 0 spiro atoms. The molecule has 1 N–H and O–H groups in total. The summed E-state index contributed by atoms with van der Waals surface area (Å²) in [6.45, 7) is 1.98. The molecule has 6 nitrogen and oxygen atoms in total. The Hall–Kier alpha value is -4.13. The second-order valence-corrected chi connectivity index (χ2v) is 9.31. The molecule has 1 saturated heterocycles. The summed E-state index contributed by atoms with van der Waals surface area (Å²) in [5, 5.41) is 11.7. The fourth-order valence-electron chi connectivity index (χ4n) is 4.24. The maximum atomic E-state index is 13.3. The summed E-state index contributed by atoms with van der Waals surface area (Å²) in [6, 6.07) is 21.5. The van der Waals surface area contributed by atoms with Crippen LogP contribution in [0.3, 0.4) is 0 Å². The van der Waals surface area contributed by atoms with Crippen molar-refractivity contribution in [2.24, 2.45) is 0 Å². The molecule has 1 unspecified atom stereocenters. The Morgan fingerprint density at radius 1 is 0.919 bits per heavy atom. The number of Topliss-reactive ketones (excluding diaryl/α,β-unsaturated/α-hetero) is 1. The first-order chi connectivity index (χ1) is 17.8. The van der Waals surface area contributed by atoms with Gasteiger partial charge >= 0.3 is 0 Å². The van der Waals surface area contributed by atoms with E-state index < -0.39 is 17.7 Å². The van der Waals surface area contributed by atoms with E-state index in [0.29, 0.717) is 27.8 Å². The standard InChI is InChI=1S/C29H20Cl2N2O4/c1-17-4-2-6-22(14-17)37-21-10-8-20(9-11-21)33-26(19-5-3-13-32-16-19)25(28(35)29(33)36)27(34)18-7-12-23(30)24(31)15-18/h2-16,26,34H,1H3/b27-25-. The number of carbonyl (C=O) groups excluding carboxylic acids is 2. The van der Waals surface area contributed by atoms with E-state index in [1.54, 1.807) is 48.8 Å². The van der Waals surface area contributed by atoms with Gasteiger partial charge in [-0.2, -0.15) is 0 Å². The predicted molar refractivity (Wildman–Crippen MR) is 143 cm³/mol. The van der Waals surface area contributed by atoms with E-state index >= 15 is 0 Å². The van der Waals surface area contributed by atoms with Gasteiger partial charge in [-0.3, -0.25) is 19.5 Å². The van der Waals surface area contributed by atoms with Crippen LogP contribution >= 0.6 is 23.2 Å². The molecular weight excluding hydrogens is 511 g/mol. The van der Waals surface area contributed by atoms with Gasteiger partial charge in [0.2, 0.25) is 0 Å². The van der Waals surface area contributed by atoms with E-state index in [1.165, 1.54) is 23.1 Å². The van der Waals surface area contributed by atoms with Crippen molar-refractivity contribution < 1.29 is 19.4 Å². The van der Waals surface area contributed by atoms with Crippen molar-refractivity contribution in [3.8, 4) is 11.5 Å². The average molecular weight is 531 g/mol. The number of carbonyl (C=O) groups is 2. The summed E-state index contributed by atoms with van der Waals surface area (Å²) < 4.78 is 5.92. The summed E-state index contributed by atoms with van der Waals surface area (Å²) >= 11 is 12.2. The third kappa shape index (κ3) is 4.81. The van der Waals surface area contributed by atoms with Gasteiger partial charge in [-0.05, 0) is 78.7 Å². The van der Waals surface area contributed by atoms with Gasteiger partial charge in [-0.25, -0.2) is 0 Å². The molecule has 4 aromatic rings. The average Bonchev–Trinajstić information content (AvgIpc) is 3.16. The molecule has 3 aromatic carbocycles. The topological polar surface area (TPSA) is 79.7 Å². The number of amides is 1. The molecule has 1 aliphatic rings. The van der Waals surface area contributed by atoms with Gasteiger partial charge in [0.1, 0.15) is 17.3 Å². The number of aliphatic hydroxyl groups excluding tert-OH is 1. The lowest BCUT2D eigenvalue weighted by Crippen LogP contribution is -2.29. The number of benzene rings is 3. The molecule has 0 saturated carbocycles. The van der Waals surface area contributed by atoms with Crippen LogP contribution in [0.15, 0.2) is 96.8 Å². The number of ketones is 1. The molecule has 0 aliphatic carbocycles. The minimum Gasteiger partial charge on any atom is -0.507 e. The number of hydrogen-bond acceptors (Lipinski definition) is 5. The maximum Gasteiger partial charge on any atom is 0.300 e. The largest absolute Gasteiger partial charge is 0.507 e. The van der Waals surface area contributed by atoms with E-state index in [9.17, 15) is 14.7 Å². The van der Waals surface area contributed by atoms with Crippen molar-refractivity contribution >= 4 is 46.3 Å². The summed E-state index contributed by atoms with van der Waals surface area (Å²) in [6.07, 6.45) is 3.15. The lowest BCUT2D eigenvalue weighted by molar-refractivity contribution is -0.132. The lowest BCUT2D eigenvalue weighted by atomic mass is 9.96. The molecule has 2 heterocycles. The van der Waals surface area contributed by atoms with E-state index in [0.717, 1.165) is 5.56 Å². The minimum atomic E-state index is -0.910. The van der Waals surface area contributed by atoms with Gasteiger partial charge in [0.15, 0.2) is 0 Å². The molecule has 1 amide bonds. The van der Waals surface area contributed by atoms with Crippen molar-refractivity contribution in [2.45, 2.75) is 13.0 Å². The first-order valence-electron chi connectivity index (χ1n) is 11.3. The van der Waals surface area contributed by atoms with Crippen LogP contribution < -0.4 is 9.64 Å². The number of rotatable bonds is 5. The molecule has 1 aliphatic heterocycles. The van der Waals surface area contributed by atoms with E-state index in [-0.39, 0.29) is 21.9 Å². The number of ether oxygens (including phenoxy) is 1. The number of halogens is 2. The molecular formula is C29H20Cl2N2O4. The third-order valence-corrected chi connectivity index (χ3v) is 6.72. The van der Waals surface area contributed by atoms with Gasteiger partial charge in [0, 0.05) is 23.6 Å². The molecule has 8 heteroatoms. The second-order valence-electron chi connectivity index (χ2n) is 8.50. The Kier molecular flexibility index (Phi) is 6.70. The van der Waals surface area contributed by atoms with Crippen molar-refractivity contribution in [3.63, 3.8) is 0 Å². The molecule has 1 fully saturated rings. The monoisotopic (exact) mass is 530 g/mol. The fourth-order valence-corrected chi connectivity index (χ4v) is 4.54. The van der Waals surface area contributed by atoms with Gasteiger partial charge in [-0.1, -0.05) is 41.4 Å². The van der Waals surface area contributed by atoms with Crippen LogP contribution in [0.2, 0.25) is 10.0 Å². The van der Waals surface area contributed by atoms with Crippen LogP contribution in [-0.4, -0.2) is 21.8 Å². The van der Waals surface area contributed by atoms with E-state index in [1.807, 2.05) is 31.2 Å². The number of nitrogens with zero attached hydrogens (tertiary/aromatic N) is 2. The van der Waals surface area contributed by atoms with E-state index in [2.05, 4.69) is 4.98 Å². The van der Waals surface area contributed by atoms with Crippen LogP contribution in [0.25, 0.3) is 5.76 Å². The Balaban J connectivity index is 1.57. The molecule has 1 aromatic heterocycles. The fraction of sp³-hybridized carbons (Fsp3) is 0.0690. The Bertz CT molecular complexity index is 1540. The summed E-state index contributed by atoms with van der Waals surface area (Å²) in [4.78, 5) is 32.1. The summed E-state index contributed by atoms with van der Waals surface area (Å²) in [7, 11) is 0. The number of aryl methyl sites for hydroxylation is 1. The zero-order valence-electron chi connectivity index (χ0n) is 19.6. The number of pyridine rings is 1. The van der Waals surface area contributed by atoms with Crippen LogP contribution in [0.4, 0.5) is 5.69 Å². The second kappa shape index (κ2) is 10.1. The molecule has 0 radical (unpaired) electrons. The number of aromatic nitrogens is 1. The smallest absolute Gasteiger partial charge is 0.300 e. The van der Waals surface area contributed by atoms with E-state index in [4.69, 9.17) is 27.9 Å². The van der Waals surface area contributed by atoms with Gasteiger partial charge in [0.25, 0.3) is 11.7 Å². The number of hydrogen-bond donors (Lipinski definition) is 1. The molecule has 184 valence electrons. The first kappa shape index (κ1) is 24.6. The third-order valence-electron chi connectivity index (χ3n) is 5.98. The minimum absolute atomic E-state index is 0.0727. The predicted octanol–water partition coefficient (Wildman–Crippen LogP) is 7.12. The highest BCUT2D eigenvalue weighted by atomic mass is 35.5. The molecule has 37 heavy (non-hydrogen) atoms. The maximum absolute atomic E-state index is 13.3. The van der Waals surface area contributed by atoms with Crippen LogP contribution in [-0.2, 0) is 9.59 Å². The Morgan fingerprint density at radius 2 is 1.70 bits per heavy atom. The van der Waals surface area contributed by atoms with Crippen LogP contribution in [0, 0.1) is 6.92 Å². The highest BCUT2D eigenvalue weighted by Gasteiger charge is 2.47. The SMILES string of the molecule is Cc1cccc(Oc2ccc(N3C(=O)C(=O)/C(=C(\O)c4ccc(Cl)c(Cl)c4)C3c3cccnc3)cc2)c1. The van der Waals surface area contributed by atoms with Gasteiger partial charge in [0.05, 0.1) is 21.7 Å². The van der Waals surface area contributed by atoms with Crippen molar-refractivity contribution in [2.75, 3.05) is 4.90 Å². The summed E-state index contributed by atoms with van der Waals surface area (Å²) in [5.74, 6) is -0.696. The zero-order chi connectivity index (χ0) is 26.1. The quantitative estimate of drug-likeness (QED) is 0.169. The highest BCUT2D eigenvalue weighted by molar-refractivity contribution is 6.51. The first-order valence-corrected chi connectivity index (χ1v) is 12.1. The number of aliphatic hydroxyl groups is 1. The molecule has 5 rings (SSSR count). The Labute approximate surface area is 223 Å². The number of anilines is 1.